The van der Waals surface area contributed by atoms with Crippen molar-refractivity contribution >= 4 is 33.2 Å². The largest absolute Gasteiger partial charge is 0.352 e. The second kappa shape index (κ2) is 9.80. The molecule has 0 aliphatic carbocycles. The molecule has 0 saturated heterocycles. The van der Waals surface area contributed by atoms with Crippen LogP contribution < -0.4 is 15.7 Å². The summed E-state index contributed by atoms with van der Waals surface area (Å²) in [5.74, 6) is 0.417. The first-order valence-electron chi connectivity index (χ1n) is 10.7. The first kappa shape index (κ1) is 23.1. The number of amides is 1. The van der Waals surface area contributed by atoms with Gasteiger partial charge in [-0.15, -0.1) is 0 Å². The summed E-state index contributed by atoms with van der Waals surface area (Å²) in [6, 6.07) is 12.3. The molecule has 0 unspecified atom stereocenters. The number of aryl methyl sites for hydroxylation is 2. The molecular weight excluding hydrogens is 466 g/mol. The molecule has 0 spiro atoms. The van der Waals surface area contributed by atoms with Crippen molar-refractivity contribution in [3.8, 4) is 0 Å². The third-order valence-electron chi connectivity index (χ3n) is 5.39. The van der Waals surface area contributed by atoms with E-state index >= 15 is 0 Å². The molecule has 1 amide bonds. The Labute approximate surface area is 196 Å². The number of aromatic nitrogens is 3. The molecule has 33 heavy (non-hydrogen) atoms. The lowest BCUT2D eigenvalue weighted by Gasteiger charge is -2.11. The lowest BCUT2D eigenvalue weighted by molar-refractivity contribution is 0.0952. The number of nitrogens with one attached hydrogen (secondary N) is 2. The summed E-state index contributed by atoms with van der Waals surface area (Å²) < 4.78 is 31.0. The van der Waals surface area contributed by atoms with Crippen molar-refractivity contribution in [1.29, 1.82) is 0 Å². The van der Waals surface area contributed by atoms with E-state index in [1.54, 1.807) is 28.8 Å². The van der Waals surface area contributed by atoms with Crippen LogP contribution in [-0.4, -0.2) is 35.2 Å². The Hall–Kier alpha value is -3.11. The van der Waals surface area contributed by atoms with E-state index in [1.807, 2.05) is 0 Å². The summed E-state index contributed by atoms with van der Waals surface area (Å²) in [5.41, 5.74) is 0.358. The van der Waals surface area contributed by atoms with Crippen LogP contribution in [-0.2, 0) is 29.5 Å². The zero-order valence-electron chi connectivity index (χ0n) is 17.8. The molecule has 2 aromatic carbocycles. The van der Waals surface area contributed by atoms with Gasteiger partial charge in [-0.25, -0.2) is 17.9 Å². The maximum atomic E-state index is 12.7. The first-order valence-corrected chi connectivity index (χ1v) is 12.5. The molecular formula is C22H24ClN5O4S. The van der Waals surface area contributed by atoms with Gasteiger partial charge in [0.05, 0.1) is 15.6 Å². The predicted octanol–water partition coefficient (Wildman–Crippen LogP) is 2.66. The van der Waals surface area contributed by atoms with Crippen LogP contribution in [0.15, 0.2) is 58.2 Å². The van der Waals surface area contributed by atoms with Gasteiger partial charge in [0, 0.05) is 31.6 Å². The number of hydrogen-bond donors (Lipinski definition) is 2. The first-order chi connectivity index (χ1) is 15.8. The van der Waals surface area contributed by atoms with Crippen molar-refractivity contribution in [3.63, 3.8) is 0 Å². The molecule has 0 bridgehead atoms. The lowest BCUT2D eigenvalue weighted by atomic mass is 10.2. The van der Waals surface area contributed by atoms with E-state index < -0.39 is 15.9 Å². The number of nitrogens with zero attached hydrogens (tertiary/aromatic N) is 3. The number of para-hydroxylation sites is 1. The van der Waals surface area contributed by atoms with E-state index in [2.05, 4.69) is 15.1 Å². The molecule has 9 nitrogen and oxygen atoms in total. The molecule has 0 saturated carbocycles. The van der Waals surface area contributed by atoms with Crippen LogP contribution in [0.3, 0.4) is 0 Å². The number of anilines is 1. The van der Waals surface area contributed by atoms with Crippen molar-refractivity contribution in [2.24, 2.45) is 0 Å². The Morgan fingerprint density at radius 3 is 2.73 bits per heavy atom. The second-order valence-corrected chi connectivity index (χ2v) is 9.84. The molecule has 11 heteroatoms. The average molecular weight is 490 g/mol. The zero-order valence-corrected chi connectivity index (χ0v) is 19.4. The maximum absolute atomic E-state index is 12.7. The van der Waals surface area contributed by atoms with Gasteiger partial charge in [0.25, 0.3) is 15.9 Å². The van der Waals surface area contributed by atoms with E-state index in [0.717, 1.165) is 25.1 Å². The molecule has 1 aromatic heterocycles. The smallest absolute Gasteiger partial charge is 0.345 e. The fourth-order valence-corrected chi connectivity index (χ4v) is 5.04. The minimum absolute atomic E-state index is 0.0507. The van der Waals surface area contributed by atoms with Crippen LogP contribution in [0, 0.1) is 0 Å². The molecule has 1 aliphatic heterocycles. The standard InChI is InChI=1S/C22H24ClN5O4S/c23-18-9-1-2-10-19(18)26-33(31,32)17-8-5-7-16(15-17)21(29)24-12-6-14-28-22(30)27-13-4-3-11-20(27)25-28/h1-2,5,7-10,15,26H,3-4,6,11-14H2,(H,24,29). The van der Waals surface area contributed by atoms with Gasteiger partial charge in [0.15, 0.2) is 0 Å². The normalized spacial score (nSPS) is 13.4. The highest BCUT2D eigenvalue weighted by molar-refractivity contribution is 7.92. The van der Waals surface area contributed by atoms with Crippen molar-refractivity contribution in [2.45, 2.75) is 43.7 Å². The number of sulfonamides is 1. The Kier molecular flexibility index (Phi) is 6.85. The summed E-state index contributed by atoms with van der Waals surface area (Å²) in [6.45, 7) is 1.42. The Bertz CT molecular complexity index is 1330. The SMILES string of the molecule is O=C(NCCCn1nc2n(c1=O)CCCC2)c1cccc(S(=O)(=O)Nc2ccccc2Cl)c1. The number of carbonyl (C=O) groups excluding carboxylic acids is 1. The van der Waals surface area contributed by atoms with E-state index in [-0.39, 0.29) is 26.9 Å². The van der Waals surface area contributed by atoms with E-state index in [1.165, 1.54) is 28.9 Å². The van der Waals surface area contributed by atoms with Crippen LogP contribution in [0.5, 0.6) is 0 Å². The number of carbonyl (C=O) groups is 1. The highest BCUT2D eigenvalue weighted by Gasteiger charge is 2.18. The highest BCUT2D eigenvalue weighted by Crippen LogP contribution is 2.24. The van der Waals surface area contributed by atoms with Crippen molar-refractivity contribution in [3.05, 3.63) is 75.4 Å². The molecule has 0 fully saturated rings. The summed E-state index contributed by atoms with van der Waals surface area (Å²) >= 11 is 6.04. The van der Waals surface area contributed by atoms with Crippen LogP contribution in [0.25, 0.3) is 0 Å². The third kappa shape index (κ3) is 5.28. The van der Waals surface area contributed by atoms with Crippen LogP contribution in [0.1, 0.15) is 35.4 Å². The Balaban J connectivity index is 1.35. The van der Waals surface area contributed by atoms with Crippen LogP contribution in [0.4, 0.5) is 5.69 Å². The number of benzene rings is 2. The monoisotopic (exact) mass is 489 g/mol. The predicted molar refractivity (Wildman–Crippen MR) is 125 cm³/mol. The summed E-state index contributed by atoms with van der Waals surface area (Å²) in [4.78, 5) is 24.8. The summed E-state index contributed by atoms with van der Waals surface area (Å²) in [7, 11) is -3.92. The van der Waals surface area contributed by atoms with Crippen molar-refractivity contribution in [2.75, 3.05) is 11.3 Å². The number of hydrogen-bond acceptors (Lipinski definition) is 5. The van der Waals surface area contributed by atoms with Gasteiger partial charge < -0.3 is 5.32 Å². The fourth-order valence-electron chi connectivity index (χ4n) is 3.68. The Morgan fingerprint density at radius 1 is 1.12 bits per heavy atom. The van der Waals surface area contributed by atoms with Gasteiger partial charge >= 0.3 is 5.69 Å². The topological polar surface area (TPSA) is 115 Å². The van der Waals surface area contributed by atoms with Gasteiger partial charge in [-0.1, -0.05) is 29.8 Å². The minimum atomic E-state index is -3.92. The second-order valence-electron chi connectivity index (χ2n) is 7.75. The van der Waals surface area contributed by atoms with Crippen LogP contribution in [0.2, 0.25) is 5.02 Å². The van der Waals surface area contributed by atoms with E-state index in [0.29, 0.717) is 26.1 Å². The zero-order chi connectivity index (χ0) is 23.4. The quantitative estimate of drug-likeness (QED) is 0.472. The molecule has 174 valence electrons. The number of fused-ring (bicyclic) bond motifs is 1. The molecule has 0 radical (unpaired) electrons. The molecule has 3 aromatic rings. The van der Waals surface area contributed by atoms with E-state index in [9.17, 15) is 18.0 Å². The lowest BCUT2D eigenvalue weighted by Crippen LogP contribution is -2.29. The Morgan fingerprint density at radius 2 is 1.94 bits per heavy atom. The number of rotatable bonds is 8. The number of halogens is 1. The van der Waals surface area contributed by atoms with E-state index in [4.69, 9.17) is 11.6 Å². The molecule has 2 heterocycles. The van der Waals surface area contributed by atoms with Gasteiger partial charge in [-0.2, -0.15) is 5.10 Å². The molecule has 1 aliphatic rings. The minimum Gasteiger partial charge on any atom is -0.352 e. The molecule has 2 N–H and O–H groups in total. The van der Waals surface area contributed by atoms with Gasteiger partial charge in [-0.3, -0.25) is 14.1 Å². The van der Waals surface area contributed by atoms with Crippen molar-refractivity contribution < 1.29 is 13.2 Å². The van der Waals surface area contributed by atoms with Gasteiger partial charge in [0.1, 0.15) is 5.82 Å². The summed E-state index contributed by atoms with van der Waals surface area (Å²) in [6.07, 6.45) is 3.35. The van der Waals surface area contributed by atoms with Gasteiger partial charge in [0.2, 0.25) is 0 Å². The van der Waals surface area contributed by atoms with Crippen molar-refractivity contribution in [1.82, 2.24) is 19.7 Å². The maximum Gasteiger partial charge on any atom is 0.345 e. The molecule has 4 rings (SSSR count). The highest BCUT2D eigenvalue weighted by atomic mass is 35.5. The van der Waals surface area contributed by atoms with Crippen LogP contribution >= 0.6 is 11.6 Å². The third-order valence-corrected chi connectivity index (χ3v) is 7.08. The molecule has 0 atom stereocenters. The average Bonchev–Trinajstić information content (AvgIpc) is 3.14. The van der Waals surface area contributed by atoms with Gasteiger partial charge in [-0.05, 0) is 49.6 Å². The summed E-state index contributed by atoms with van der Waals surface area (Å²) in [5, 5.41) is 7.41. The fraction of sp³-hybridized carbons (Fsp3) is 0.318.